The molecular weight excluding hydrogens is 304 g/mol. The molecule has 0 saturated heterocycles. The third-order valence-corrected chi connectivity index (χ3v) is 5.09. The van der Waals surface area contributed by atoms with Crippen LogP contribution in [-0.2, 0) is 11.8 Å². The summed E-state index contributed by atoms with van der Waals surface area (Å²) < 4.78 is 13.4. The van der Waals surface area contributed by atoms with Crippen molar-refractivity contribution >= 4 is 34.5 Å². The topological polar surface area (TPSA) is 12.9 Å². The first kappa shape index (κ1) is 14.8. The lowest BCUT2D eigenvalue weighted by Gasteiger charge is -2.29. The van der Waals surface area contributed by atoms with Crippen LogP contribution in [0.25, 0.3) is 0 Å². The molecule has 0 atom stereocenters. The number of alkyl halides is 2. The van der Waals surface area contributed by atoms with Crippen molar-refractivity contribution < 1.29 is 4.39 Å². The van der Waals surface area contributed by atoms with E-state index < -0.39 is 5.41 Å². The fraction of sp³-hybridized carbons (Fsp3) is 0.357. The van der Waals surface area contributed by atoms with Crippen molar-refractivity contribution in [3.05, 3.63) is 51.7 Å². The van der Waals surface area contributed by atoms with Crippen LogP contribution in [-0.4, -0.2) is 16.7 Å². The van der Waals surface area contributed by atoms with Gasteiger partial charge >= 0.3 is 0 Å². The van der Waals surface area contributed by atoms with Gasteiger partial charge in [-0.1, -0.05) is 12.1 Å². The molecule has 0 aliphatic rings. The molecule has 102 valence electrons. The first-order valence-corrected chi connectivity index (χ1v) is 7.83. The van der Waals surface area contributed by atoms with Crippen molar-refractivity contribution in [2.75, 3.05) is 11.8 Å². The van der Waals surface area contributed by atoms with Gasteiger partial charge in [-0.05, 0) is 24.6 Å². The summed E-state index contributed by atoms with van der Waals surface area (Å²) in [4.78, 5) is 4.45. The molecule has 0 unspecified atom stereocenters. The van der Waals surface area contributed by atoms with Gasteiger partial charge in [0.25, 0.3) is 0 Å². The summed E-state index contributed by atoms with van der Waals surface area (Å²) in [6, 6.07) is 6.48. The highest BCUT2D eigenvalue weighted by Crippen LogP contribution is 2.33. The van der Waals surface area contributed by atoms with Crippen molar-refractivity contribution in [3.8, 4) is 0 Å². The minimum absolute atomic E-state index is 0.271. The Morgan fingerprint density at radius 3 is 2.58 bits per heavy atom. The van der Waals surface area contributed by atoms with Crippen LogP contribution in [0.5, 0.6) is 0 Å². The fourth-order valence-corrected chi connectivity index (χ4v) is 3.68. The minimum atomic E-state index is -0.477. The van der Waals surface area contributed by atoms with Crippen LogP contribution in [0.1, 0.15) is 16.3 Å². The van der Waals surface area contributed by atoms with E-state index in [0.29, 0.717) is 18.2 Å². The average Bonchev–Trinajstić information content (AvgIpc) is 2.81. The maximum absolute atomic E-state index is 13.4. The molecule has 0 aliphatic carbocycles. The smallest absolute Gasteiger partial charge is 0.123 e. The monoisotopic (exact) mass is 317 g/mol. The van der Waals surface area contributed by atoms with E-state index in [9.17, 15) is 4.39 Å². The predicted molar refractivity (Wildman–Crippen MR) is 80.1 cm³/mol. The molecule has 0 amide bonds. The Morgan fingerprint density at radius 2 is 2.05 bits per heavy atom. The van der Waals surface area contributed by atoms with Gasteiger partial charge < -0.3 is 0 Å². The molecule has 1 nitrogen and oxygen atoms in total. The number of halogens is 3. The highest BCUT2D eigenvalue weighted by atomic mass is 35.5. The standard InChI is InChI=1S/C14H14Cl2FNS/c1-10-7-19-13(18-10)6-14(8-15,9-16)11-3-2-4-12(17)5-11/h2-5,7H,6,8-9H2,1H3. The second-order valence-corrected chi connectivity index (χ2v) is 6.09. The lowest BCUT2D eigenvalue weighted by molar-refractivity contribution is 0.526. The molecule has 0 saturated carbocycles. The van der Waals surface area contributed by atoms with E-state index in [1.165, 1.54) is 12.1 Å². The summed E-state index contributed by atoms with van der Waals surface area (Å²) in [7, 11) is 0. The lowest BCUT2D eigenvalue weighted by Crippen LogP contribution is -2.33. The van der Waals surface area contributed by atoms with Crippen LogP contribution in [0.3, 0.4) is 0 Å². The van der Waals surface area contributed by atoms with E-state index in [0.717, 1.165) is 16.3 Å². The first-order valence-electron chi connectivity index (χ1n) is 5.88. The molecule has 0 bridgehead atoms. The molecule has 2 aromatic rings. The van der Waals surface area contributed by atoms with Crippen molar-refractivity contribution in [3.63, 3.8) is 0 Å². The van der Waals surface area contributed by atoms with Gasteiger partial charge in [0.1, 0.15) is 5.82 Å². The van der Waals surface area contributed by atoms with Crippen LogP contribution in [0.15, 0.2) is 29.6 Å². The summed E-state index contributed by atoms with van der Waals surface area (Å²) >= 11 is 13.9. The van der Waals surface area contributed by atoms with Crippen molar-refractivity contribution in [1.29, 1.82) is 0 Å². The van der Waals surface area contributed by atoms with E-state index in [4.69, 9.17) is 23.2 Å². The lowest BCUT2D eigenvalue weighted by atomic mass is 9.81. The third kappa shape index (κ3) is 3.28. The number of nitrogens with zero attached hydrogens (tertiary/aromatic N) is 1. The quantitative estimate of drug-likeness (QED) is 0.737. The summed E-state index contributed by atoms with van der Waals surface area (Å²) in [5, 5.41) is 2.97. The normalized spacial score (nSPS) is 11.8. The molecule has 0 aliphatic heterocycles. The van der Waals surface area contributed by atoms with Gasteiger partial charge in [0.2, 0.25) is 0 Å². The molecule has 0 spiro atoms. The number of hydrogen-bond donors (Lipinski definition) is 0. The van der Waals surface area contributed by atoms with E-state index in [1.807, 2.05) is 18.4 Å². The summed E-state index contributed by atoms with van der Waals surface area (Å²) in [5.74, 6) is 0.393. The third-order valence-electron chi connectivity index (χ3n) is 3.10. The fourth-order valence-electron chi connectivity index (χ4n) is 1.98. The molecule has 0 N–H and O–H groups in total. The number of rotatable bonds is 5. The maximum atomic E-state index is 13.4. The molecule has 0 fully saturated rings. The first-order chi connectivity index (χ1) is 9.09. The van der Waals surface area contributed by atoms with E-state index >= 15 is 0 Å². The molecule has 5 heteroatoms. The Hall–Kier alpha value is -0.640. The maximum Gasteiger partial charge on any atom is 0.123 e. The summed E-state index contributed by atoms with van der Waals surface area (Å²) in [5.41, 5.74) is 1.33. The SMILES string of the molecule is Cc1csc(CC(CCl)(CCl)c2cccc(F)c2)n1. The van der Waals surface area contributed by atoms with Gasteiger partial charge in [-0.15, -0.1) is 34.5 Å². The van der Waals surface area contributed by atoms with Crippen LogP contribution < -0.4 is 0 Å². The Labute approximate surface area is 126 Å². The van der Waals surface area contributed by atoms with Crippen molar-refractivity contribution in [1.82, 2.24) is 4.98 Å². The Morgan fingerprint density at radius 1 is 1.32 bits per heavy atom. The second kappa shape index (κ2) is 6.21. The number of benzene rings is 1. The van der Waals surface area contributed by atoms with Gasteiger partial charge in [-0.2, -0.15) is 0 Å². The molecule has 0 radical (unpaired) electrons. The number of aromatic nitrogens is 1. The second-order valence-electron chi connectivity index (χ2n) is 4.62. The predicted octanol–water partition coefficient (Wildman–Crippen LogP) is 4.55. The molecule has 1 heterocycles. The molecular formula is C14H14Cl2FNS. The Bertz CT molecular complexity index is 552. The Kier molecular flexibility index (Phi) is 4.82. The zero-order valence-electron chi connectivity index (χ0n) is 10.5. The van der Waals surface area contributed by atoms with Crippen LogP contribution in [0.2, 0.25) is 0 Å². The highest BCUT2D eigenvalue weighted by Gasteiger charge is 2.32. The van der Waals surface area contributed by atoms with E-state index in [-0.39, 0.29) is 5.82 Å². The number of aryl methyl sites for hydroxylation is 1. The molecule has 1 aromatic carbocycles. The summed E-state index contributed by atoms with van der Waals surface area (Å²) in [6.45, 7) is 1.95. The van der Waals surface area contributed by atoms with Crippen molar-refractivity contribution in [2.45, 2.75) is 18.8 Å². The highest BCUT2D eigenvalue weighted by molar-refractivity contribution is 7.09. The van der Waals surface area contributed by atoms with Crippen LogP contribution in [0, 0.1) is 12.7 Å². The van der Waals surface area contributed by atoms with Crippen LogP contribution >= 0.6 is 34.5 Å². The molecule has 2 rings (SSSR count). The summed E-state index contributed by atoms with van der Waals surface area (Å²) in [6.07, 6.45) is 0.627. The number of hydrogen-bond acceptors (Lipinski definition) is 2. The van der Waals surface area contributed by atoms with Gasteiger partial charge in [-0.25, -0.2) is 9.37 Å². The molecule has 19 heavy (non-hydrogen) atoms. The van der Waals surface area contributed by atoms with E-state index in [1.54, 1.807) is 17.4 Å². The van der Waals surface area contributed by atoms with Gasteiger partial charge in [0.15, 0.2) is 0 Å². The molecule has 1 aromatic heterocycles. The van der Waals surface area contributed by atoms with E-state index in [2.05, 4.69) is 4.98 Å². The zero-order valence-corrected chi connectivity index (χ0v) is 12.8. The van der Waals surface area contributed by atoms with Gasteiger partial charge in [-0.3, -0.25) is 0 Å². The Balaban J connectivity index is 2.37. The van der Waals surface area contributed by atoms with Gasteiger partial charge in [0.05, 0.1) is 5.01 Å². The zero-order chi connectivity index (χ0) is 13.9. The number of thiazole rings is 1. The largest absolute Gasteiger partial charge is 0.247 e. The van der Waals surface area contributed by atoms with Crippen molar-refractivity contribution in [2.24, 2.45) is 0 Å². The van der Waals surface area contributed by atoms with Gasteiger partial charge in [0, 0.05) is 34.7 Å². The van der Waals surface area contributed by atoms with Crippen LogP contribution in [0.4, 0.5) is 4.39 Å². The average molecular weight is 318 g/mol. The minimum Gasteiger partial charge on any atom is -0.247 e.